The van der Waals surface area contributed by atoms with E-state index in [2.05, 4.69) is 48.3 Å². The first-order valence-electron chi connectivity index (χ1n) is 8.98. The largest absolute Gasteiger partial charge is 0.301 e. The van der Waals surface area contributed by atoms with Gasteiger partial charge in [-0.1, -0.05) is 29.8 Å². The van der Waals surface area contributed by atoms with E-state index in [0.29, 0.717) is 18.2 Å². The van der Waals surface area contributed by atoms with Crippen LogP contribution < -0.4 is 5.32 Å². The zero-order chi connectivity index (χ0) is 19.4. The van der Waals surface area contributed by atoms with Crippen molar-refractivity contribution in [2.24, 2.45) is 0 Å². The van der Waals surface area contributed by atoms with Crippen molar-refractivity contribution in [3.05, 3.63) is 52.7 Å². The van der Waals surface area contributed by atoms with Gasteiger partial charge in [-0.15, -0.1) is 11.3 Å². The molecule has 142 valence electrons. The van der Waals surface area contributed by atoms with Crippen LogP contribution in [0.1, 0.15) is 23.7 Å². The van der Waals surface area contributed by atoms with E-state index < -0.39 is 0 Å². The monoisotopic (exact) mass is 383 g/mol. The summed E-state index contributed by atoms with van der Waals surface area (Å²) in [4.78, 5) is 18.8. The molecule has 27 heavy (non-hydrogen) atoms. The zero-order valence-corrected chi connectivity index (χ0v) is 17.0. The SMILES string of the molecule is CCn1ncc(CN(C)CC(=O)Nc2nc(-c3ccc(C)cc3)cs2)c1C. The predicted octanol–water partition coefficient (Wildman–Crippen LogP) is 3.71. The summed E-state index contributed by atoms with van der Waals surface area (Å²) < 4.78 is 1.96. The molecule has 0 saturated carbocycles. The van der Waals surface area contributed by atoms with Gasteiger partial charge in [-0.3, -0.25) is 14.4 Å². The first kappa shape index (κ1) is 19.3. The molecular weight excluding hydrogens is 358 g/mol. The van der Waals surface area contributed by atoms with E-state index in [1.54, 1.807) is 0 Å². The van der Waals surface area contributed by atoms with Gasteiger partial charge in [0.25, 0.3) is 0 Å². The second kappa shape index (κ2) is 8.45. The molecule has 1 aromatic carbocycles. The van der Waals surface area contributed by atoms with Crippen molar-refractivity contribution in [1.29, 1.82) is 0 Å². The van der Waals surface area contributed by atoms with Gasteiger partial charge in [0.15, 0.2) is 5.13 Å². The lowest BCUT2D eigenvalue weighted by Gasteiger charge is -2.15. The predicted molar refractivity (Wildman–Crippen MR) is 110 cm³/mol. The van der Waals surface area contributed by atoms with Crippen LogP contribution in [0.25, 0.3) is 11.3 Å². The molecule has 0 atom stereocenters. The van der Waals surface area contributed by atoms with Crippen LogP contribution in [0, 0.1) is 13.8 Å². The number of likely N-dealkylation sites (N-methyl/N-ethyl adjacent to an activating group) is 1. The third-order valence-corrected chi connectivity index (χ3v) is 5.21. The van der Waals surface area contributed by atoms with Crippen molar-refractivity contribution >= 4 is 22.4 Å². The number of anilines is 1. The average Bonchev–Trinajstić information content (AvgIpc) is 3.22. The highest BCUT2D eigenvalue weighted by Gasteiger charge is 2.13. The Labute approximate surface area is 163 Å². The molecule has 1 amide bonds. The molecule has 0 aliphatic heterocycles. The summed E-state index contributed by atoms with van der Waals surface area (Å²) in [7, 11) is 1.93. The third-order valence-electron chi connectivity index (χ3n) is 4.46. The number of amides is 1. The molecule has 0 fully saturated rings. The number of carbonyl (C=O) groups is 1. The Balaban J connectivity index is 1.56. The topological polar surface area (TPSA) is 63.1 Å². The van der Waals surface area contributed by atoms with Gasteiger partial charge in [0, 0.05) is 35.3 Å². The smallest absolute Gasteiger partial charge is 0.240 e. The van der Waals surface area contributed by atoms with Crippen LogP contribution >= 0.6 is 11.3 Å². The summed E-state index contributed by atoms with van der Waals surface area (Å²) in [5, 5.41) is 9.84. The van der Waals surface area contributed by atoms with Crippen molar-refractivity contribution < 1.29 is 4.79 Å². The molecule has 3 aromatic rings. The second-order valence-corrected chi connectivity index (χ2v) is 7.55. The molecule has 0 bridgehead atoms. The molecule has 2 aromatic heterocycles. The molecule has 0 aliphatic carbocycles. The Bertz CT molecular complexity index is 913. The molecule has 0 unspecified atom stereocenters. The number of hydrogen-bond donors (Lipinski definition) is 1. The van der Waals surface area contributed by atoms with Gasteiger partial charge >= 0.3 is 0 Å². The van der Waals surface area contributed by atoms with E-state index in [0.717, 1.165) is 29.1 Å². The number of carbonyl (C=O) groups excluding carboxylic acids is 1. The number of thiazole rings is 1. The van der Waals surface area contributed by atoms with Crippen LogP contribution in [-0.2, 0) is 17.9 Å². The van der Waals surface area contributed by atoms with Crippen molar-refractivity contribution in [3.8, 4) is 11.3 Å². The summed E-state index contributed by atoms with van der Waals surface area (Å²) in [6, 6.07) is 8.21. The first-order chi connectivity index (χ1) is 13.0. The summed E-state index contributed by atoms with van der Waals surface area (Å²) >= 11 is 1.44. The molecule has 2 heterocycles. The second-order valence-electron chi connectivity index (χ2n) is 6.70. The molecular formula is C20H25N5OS. The van der Waals surface area contributed by atoms with Crippen molar-refractivity contribution in [3.63, 3.8) is 0 Å². The Hall–Kier alpha value is -2.51. The number of aromatic nitrogens is 3. The highest BCUT2D eigenvalue weighted by molar-refractivity contribution is 7.14. The van der Waals surface area contributed by atoms with Crippen LogP contribution in [0.2, 0.25) is 0 Å². The average molecular weight is 384 g/mol. The van der Waals surface area contributed by atoms with Gasteiger partial charge < -0.3 is 5.32 Å². The molecule has 0 saturated heterocycles. The van der Waals surface area contributed by atoms with E-state index in [1.165, 1.54) is 16.9 Å². The molecule has 1 N–H and O–H groups in total. The quantitative estimate of drug-likeness (QED) is 0.675. The van der Waals surface area contributed by atoms with Crippen molar-refractivity contribution in [2.45, 2.75) is 33.9 Å². The lowest BCUT2D eigenvalue weighted by molar-refractivity contribution is -0.117. The Morgan fingerprint density at radius 3 is 2.67 bits per heavy atom. The van der Waals surface area contributed by atoms with Gasteiger partial charge in [-0.25, -0.2) is 4.98 Å². The lowest BCUT2D eigenvalue weighted by atomic mass is 10.1. The van der Waals surface area contributed by atoms with Crippen molar-refractivity contribution in [1.82, 2.24) is 19.7 Å². The van der Waals surface area contributed by atoms with E-state index in [4.69, 9.17) is 0 Å². The van der Waals surface area contributed by atoms with E-state index in [9.17, 15) is 4.79 Å². The van der Waals surface area contributed by atoms with Gasteiger partial charge in [0.05, 0.1) is 18.4 Å². The number of hydrogen-bond acceptors (Lipinski definition) is 5. The van der Waals surface area contributed by atoms with E-state index >= 15 is 0 Å². The summed E-state index contributed by atoms with van der Waals surface area (Å²) in [5.74, 6) is -0.0668. The van der Waals surface area contributed by atoms with E-state index in [1.807, 2.05) is 40.3 Å². The molecule has 0 spiro atoms. The fraction of sp³-hybridized carbons (Fsp3) is 0.350. The van der Waals surface area contributed by atoms with Crippen LogP contribution in [0.5, 0.6) is 0 Å². The Kier molecular flexibility index (Phi) is 6.03. The number of nitrogens with one attached hydrogen (secondary N) is 1. The molecule has 7 heteroatoms. The lowest BCUT2D eigenvalue weighted by Crippen LogP contribution is -2.30. The molecule has 0 aliphatic rings. The van der Waals surface area contributed by atoms with Crippen LogP contribution in [-0.4, -0.2) is 39.2 Å². The van der Waals surface area contributed by atoms with E-state index in [-0.39, 0.29) is 5.91 Å². The minimum absolute atomic E-state index is 0.0668. The van der Waals surface area contributed by atoms with Gasteiger partial charge in [0.1, 0.15) is 0 Å². The fourth-order valence-corrected chi connectivity index (χ4v) is 3.63. The maximum Gasteiger partial charge on any atom is 0.240 e. The van der Waals surface area contributed by atoms with Crippen LogP contribution in [0.4, 0.5) is 5.13 Å². The summed E-state index contributed by atoms with van der Waals surface area (Å²) in [5.41, 5.74) is 5.44. The first-order valence-corrected chi connectivity index (χ1v) is 9.86. The maximum absolute atomic E-state index is 12.3. The Morgan fingerprint density at radius 2 is 2.00 bits per heavy atom. The number of aryl methyl sites for hydroxylation is 2. The van der Waals surface area contributed by atoms with Crippen LogP contribution in [0.15, 0.2) is 35.8 Å². The van der Waals surface area contributed by atoms with Crippen LogP contribution in [0.3, 0.4) is 0 Å². The number of benzene rings is 1. The minimum Gasteiger partial charge on any atom is -0.301 e. The third kappa shape index (κ3) is 4.81. The standard InChI is InChI=1S/C20H25N5OS/c1-5-25-15(3)17(10-21-25)11-24(4)12-19(26)23-20-22-18(13-27-20)16-8-6-14(2)7-9-16/h6-10,13H,5,11-12H2,1-4H3,(H,22,23,26). The molecule has 6 nitrogen and oxygen atoms in total. The van der Waals surface area contributed by atoms with Gasteiger partial charge in [-0.2, -0.15) is 5.10 Å². The summed E-state index contributed by atoms with van der Waals surface area (Å²) in [6.45, 7) is 8.02. The minimum atomic E-state index is -0.0668. The zero-order valence-electron chi connectivity index (χ0n) is 16.2. The fourth-order valence-electron chi connectivity index (χ4n) is 2.90. The molecule has 3 rings (SSSR count). The normalized spacial score (nSPS) is 11.1. The number of rotatable bonds is 7. The maximum atomic E-state index is 12.3. The molecule has 0 radical (unpaired) electrons. The Morgan fingerprint density at radius 1 is 1.26 bits per heavy atom. The van der Waals surface area contributed by atoms with Gasteiger partial charge in [-0.05, 0) is 27.8 Å². The highest BCUT2D eigenvalue weighted by Crippen LogP contribution is 2.25. The van der Waals surface area contributed by atoms with Gasteiger partial charge in [0.2, 0.25) is 5.91 Å². The number of nitrogens with zero attached hydrogens (tertiary/aromatic N) is 4. The highest BCUT2D eigenvalue weighted by atomic mass is 32.1. The summed E-state index contributed by atoms with van der Waals surface area (Å²) in [6.07, 6.45) is 1.88. The van der Waals surface area contributed by atoms with Crippen molar-refractivity contribution in [2.75, 3.05) is 18.9 Å².